The molecule has 0 heterocycles. The first-order valence-electron chi connectivity index (χ1n) is 6.77. The molecule has 1 rings (SSSR count). The Bertz CT molecular complexity index is 481. The smallest absolute Gasteiger partial charge is 0.329 e. The van der Waals surface area contributed by atoms with Crippen molar-refractivity contribution < 1.29 is 14.3 Å². The number of hydrogen-bond donors (Lipinski definition) is 3. The summed E-state index contributed by atoms with van der Waals surface area (Å²) in [7, 11) is 0. The molecule has 1 amide bonds. The van der Waals surface area contributed by atoms with E-state index in [1.54, 1.807) is 20.8 Å². The van der Waals surface area contributed by atoms with E-state index in [1.165, 1.54) is 0 Å². The molecule has 0 aliphatic heterocycles. The minimum Gasteiger partial charge on any atom is -0.458 e. The molecule has 21 heavy (non-hydrogen) atoms. The number of benzene rings is 1. The van der Waals surface area contributed by atoms with Gasteiger partial charge in [-0.15, -0.1) is 0 Å². The van der Waals surface area contributed by atoms with Crippen LogP contribution in [0.25, 0.3) is 0 Å². The third-order valence-corrected chi connectivity index (χ3v) is 2.59. The maximum absolute atomic E-state index is 12.2. The second-order valence-electron chi connectivity index (χ2n) is 5.81. The Hall–Kier alpha value is -1.92. The lowest BCUT2D eigenvalue weighted by atomic mass is 10.1. The molecule has 0 unspecified atom stereocenters. The highest BCUT2D eigenvalue weighted by atomic mass is 16.6. The molecule has 116 valence electrons. The summed E-state index contributed by atoms with van der Waals surface area (Å²) in [5.41, 5.74) is 10.9. The molecular formula is C15H23N3O3. The number of carbonyl (C=O) groups excluding carboxylic acids is 2. The molecule has 1 atom stereocenters. The van der Waals surface area contributed by atoms with E-state index in [0.717, 1.165) is 5.56 Å². The highest BCUT2D eigenvalue weighted by Gasteiger charge is 2.27. The predicted octanol–water partition coefficient (Wildman–Crippen LogP) is 0.299. The topological polar surface area (TPSA) is 107 Å². The summed E-state index contributed by atoms with van der Waals surface area (Å²) in [5.74, 6) is -1.11. The van der Waals surface area contributed by atoms with Gasteiger partial charge in [0.15, 0.2) is 0 Å². The van der Waals surface area contributed by atoms with Gasteiger partial charge in [0.1, 0.15) is 17.8 Å². The van der Waals surface area contributed by atoms with Crippen LogP contribution >= 0.6 is 0 Å². The summed E-state index contributed by atoms with van der Waals surface area (Å²) in [4.78, 5) is 23.8. The molecule has 1 aromatic rings. The quantitative estimate of drug-likeness (QED) is 0.534. The first-order valence-corrected chi connectivity index (χ1v) is 6.77. The van der Waals surface area contributed by atoms with Crippen molar-refractivity contribution in [1.82, 2.24) is 5.32 Å². The van der Waals surface area contributed by atoms with Gasteiger partial charge in [0, 0.05) is 6.42 Å². The number of rotatable bonds is 5. The number of nitrogens with one attached hydrogen (secondary N) is 1. The van der Waals surface area contributed by atoms with Crippen molar-refractivity contribution in [3.8, 4) is 0 Å². The van der Waals surface area contributed by atoms with Gasteiger partial charge in [-0.1, -0.05) is 30.3 Å². The maximum Gasteiger partial charge on any atom is 0.329 e. The lowest BCUT2D eigenvalue weighted by molar-refractivity contribution is -0.158. The van der Waals surface area contributed by atoms with Crippen LogP contribution in [0.15, 0.2) is 30.3 Å². The van der Waals surface area contributed by atoms with E-state index in [2.05, 4.69) is 5.32 Å². The fraction of sp³-hybridized carbons (Fsp3) is 0.467. The number of esters is 1. The lowest BCUT2D eigenvalue weighted by Gasteiger charge is -2.25. The van der Waals surface area contributed by atoms with Crippen LogP contribution in [0.5, 0.6) is 0 Å². The second-order valence-corrected chi connectivity index (χ2v) is 5.81. The Balaban J connectivity index is 2.84. The van der Waals surface area contributed by atoms with Crippen LogP contribution < -0.4 is 16.8 Å². The summed E-state index contributed by atoms with van der Waals surface area (Å²) in [6, 6.07) is 8.50. The van der Waals surface area contributed by atoms with Crippen LogP contribution in [-0.4, -0.2) is 29.7 Å². The molecule has 6 nitrogen and oxygen atoms in total. The van der Waals surface area contributed by atoms with Gasteiger partial charge in [-0.25, -0.2) is 4.79 Å². The molecule has 0 spiro atoms. The zero-order valence-corrected chi connectivity index (χ0v) is 12.6. The minimum absolute atomic E-state index is 0.314. The Kier molecular flexibility index (Phi) is 5.87. The normalized spacial score (nSPS) is 12.9. The first-order chi connectivity index (χ1) is 9.69. The Labute approximate surface area is 124 Å². The molecule has 1 aromatic carbocycles. The van der Waals surface area contributed by atoms with Crippen molar-refractivity contribution in [2.45, 2.75) is 45.0 Å². The summed E-state index contributed by atoms with van der Waals surface area (Å²) >= 11 is 0. The molecular weight excluding hydrogens is 270 g/mol. The maximum atomic E-state index is 12.2. The molecule has 0 bridgehead atoms. The minimum atomic E-state index is -1.18. The third kappa shape index (κ3) is 6.37. The van der Waals surface area contributed by atoms with Crippen molar-refractivity contribution in [2.75, 3.05) is 0 Å². The van der Waals surface area contributed by atoms with Crippen molar-refractivity contribution in [3.05, 3.63) is 35.9 Å². The molecule has 0 radical (unpaired) electrons. The van der Waals surface area contributed by atoms with Gasteiger partial charge in [-0.05, 0) is 26.3 Å². The van der Waals surface area contributed by atoms with E-state index in [0.29, 0.717) is 6.42 Å². The molecule has 0 aromatic heterocycles. The average Bonchev–Trinajstić information content (AvgIpc) is 2.36. The van der Waals surface area contributed by atoms with Crippen molar-refractivity contribution >= 4 is 11.9 Å². The highest BCUT2D eigenvalue weighted by molar-refractivity contribution is 5.87. The SMILES string of the molecule is CC(C)(C)OC(=O)[C@H](Cc1ccccc1)NC(=O)C(N)N. The predicted molar refractivity (Wildman–Crippen MR) is 80.1 cm³/mol. The van der Waals surface area contributed by atoms with Gasteiger partial charge >= 0.3 is 5.97 Å². The van der Waals surface area contributed by atoms with E-state index in [-0.39, 0.29) is 0 Å². The Morgan fingerprint density at radius 1 is 1.19 bits per heavy atom. The molecule has 0 aliphatic rings. The summed E-state index contributed by atoms with van der Waals surface area (Å²) in [6.07, 6.45) is -0.862. The Morgan fingerprint density at radius 2 is 1.76 bits per heavy atom. The van der Waals surface area contributed by atoms with Gasteiger partial charge in [0.05, 0.1) is 0 Å². The fourth-order valence-corrected chi connectivity index (χ4v) is 1.68. The highest BCUT2D eigenvalue weighted by Crippen LogP contribution is 2.11. The summed E-state index contributed by atoms with van der Waals surface area (Å²) < 4.78 is 5.32. The number of ether oxygens (including phenoxy) is 1. The summed E-state index contributed by atoms with van der Waals surface area (Å²) in [5, 5.41) is 2.52. The van der Waals surface area contributed by atoms with Gasteiger partial charge in [-0.2, -0.15) is 0 Å². The zero-order valence-electron chi connectivity index (χ0n) is 12.6. The van der Waals surface area contributed by atoms with E-state index < -0.39 is 29.7 Å². The van der Waals surface area contributed by atoms with Crippen molar-refractivity contribution in [1.29, 1.82) is 0 Å². The van der Waals surface area contributed by atoms with Crippen LogP contribution in [-0.2, 0) is 20.7 Å². The van der Waals surface area contributed by atoms with Crippen LogP contribution in [0, 0.1) is 0 Å². The summed E-state index contributed by atoms with van der Waals surface area (Å²) in [6.45, 7) is 5.29. The van der Waals surface area contributed by atoms with Crippen molar-refractivity contribution in [3.63, 3.8) is 0 Å². The van der Waals surface area contributed by atoms with Gasteiger partial charge in [0.25, 0.3) is 5.91 Å². The van der Waals surface area contributed by atoms with Crippen LogP contribution in [0.3, 0.4) is 0 Å². The van der Waals surface area contributed by atoms with E-state index in [1.807, 2.05) is 30.3 Å². The standard InChI is InChI=1S/C15H23N3O3/c1-15(2,3)21-14(20)11(18-13(19)12(16)17)9-10-7-5-4-6-8-10/h4-8,11-12H,9,16-17H2,1-3H3,(H,18,19)/t11-/m0/s1. The van der Waals surface area contributed by atoms with Crippen LogP contribution in [0.2, 0.25) is 0 Å². The fourth-order valence-electron chi connectivity index (χ4n) is 1.68. The second kappa shape index (κ2) is 7.19. The largest absolute Gasteiger partial charge is 0.458 e. The Morgan fingerprint density at radius 3 is 2.24 bits per heavy atom. The van der Waals surface area contributed by atoms with E-state index in [4.69, 9.17) is 16.2 Å². The van der Waals surface area contributed by atoms with Gasteiger partial charge < -0.3 is 21.5 Å². The molecule has 0 saturated heterocycles. The third-order valence-electron chi connectivity index (χ3n) is 2.59. The van der Waals surface area contributed by atoms with Crippen molar-refractivity contribution in [2.24, 2.45) is 11.5 Å². The average molecular weight is 293 g/mol. The number of hydrogen-bond acceptors (Lipinski definition) is 5. The molecule has 0 saturated carbocycles. The first kappa shape index (κ1) is 17.1. The van der Waals surface area contributed by atoms with E-state index >= 15 is 0 Å². The van der Waals surface area contributed by atoms with Gasteiger partial charge in [-0.3, -0.25) is 4.79 Å². The lowest BCUT2D eigenvalue weighted by Crippen LogP contribution is -2.53. The zero-order chi connectivity index (χ0) is 16.0. The number of carbonyl (C=O) groups is 2. The van der Waals surface area contributed by atoms with Crippen LogP contribution in [0.4, 0.5) is 0 Å². The number of amides is 1. The molecule has 0 aliphatic carbocycles. The van der Waals surface area contributed by atoms with Crippen LogP contribution in [0.1, 0.15) is 26.3 Å². The number of nitrogens with two attached hydrogens (primary N) is 2. The molecule has 5 N–H and O–H groups in total. The monoisotopic (exact) mass is 293 g/mol. The molecule has 0 fully saturated rings. The van der Waals surface area contributed by atoms with Gasteiger partial charge in [0.2, 0.25) is 0 Å². The van der Waals surface area contributed by atoms with E-state index in [9.17, 15) is 9.59 Å². The molecule has 6 heteroatoms.